The van der Waals surface area contributed by atoms with Crippen LogP contribution in [0.4, 0.5) is 0 Å². The van der Waals surface area contributed by atoms with E-state index in [1.165, 1.54) is 12.8 Å². The molecule has 0 radical (unpaired) electrons. The molecule has 0 fully saturated rings. The van der Waals surface area contributed by atoms with Gasteiger partial charge in [-0.05, 0) is 25.7 Å². The normalized spacial score (nSPS) is 15.8. The first-order valence-corrected chi connectivity index (χ1v) is 7.27. The van der Waals surface area contributed by atoms with E-state index in [1.807, 2.05) is 0 Å². The fourth-order valence-corrected chi connectivity index (χ4v) is 1.79. The predicted octanol–water partition coefficient (Wildman–Crippen LogP) is 5.27. The van der Waals surface area contributed by atoms with Crippen LogP contribution in [-0.2, 0) is 4.74 Å². The summed E-state index contributed by atoms with van der Waals surface area (Å²) in [5.41, 5.74) is 0. The molecule has 100 valence electrons. The van der Waals surface area contributed by atoms with Gasteiger partial charge in [-0.25, -0.2) is 0 Å². The van der Waals surface area contributed by atoms with E-state index in [2.05, 4.69) is 52.0 Å². The van der Waals surface area contributed by atoms with Gasteiger partial charge in [0.2, 0.25) is 0 Å². The Kier molecular flexibility index (Phi) is 11.5. The molecular formula is C16H30O. The van der Waals surface area contributed by atoms with Gasteiger partial charge in [0.05, 0.1) is 12.2 Å². The van der Waals surface area contributed by atoms with Crippen LogP contribution in [0.2, 0.25) is 0 Å². The number of hydrogen-bond donors (Lipinski definition) is 0. The molecule has 0 aliphatic rings. The molecule has 2 unspecified atom stereocenters. The molecule has 0 aromatic carbocycles. The van der Waals surface area contributed by atoms with Gasteiger partial charge in [-0.15, -0.1) is 0 Å². The Morgan fingerprint density at radius 1 is 0.765 bits per heavy atom. The molecule has 1 nitrogen and oxygen atoms in total. The Bertz CT molecular complexity index is 184. The summed E-state index contributed by atoms with van der Waals surface area (Å²) in [6.45, 7) is 8.76. The summed E-state index contributed by atoms with van der Waals surface area (Å²) >= 11 is 0. The smallest absolute Gasteiger partial charge is 0.0763 e. The van der Waals surface area contributed by atoms with Crippen molar-refractivity contribution in [3.63, 3.8) is 0 Å². The van der Waals surface area contributed by atoms with Crippen molar-refractivity contribution in [1.82, 2.24) is 0 Å². The number of allylic oxidation sites excluding steroid dienone is 2. The minimum Gasteiger partial charge on any atom is -0.367 e. The molecule has 0 aliphatic carbocycles. The van der Waals surface area contributed by atoms with Crippen molar-refractivity contribution >= 4 is 0 Å². The Morgan fingerprint density at radius 3 is 1.47 bits per heavy atom. The van der Waals surface area contributed by atoms with E-state index in [1.54, 1.807) is 0 Å². The van der Waals surface area contributed by atoms with Crippen LogP contribution in [0, 0.1) is 0 Å². The van der Waals surface area contributed by atoms with Crippen molar-refractivity contribution in [3.8, 4) is 0 Å². The highest BCUT2D eigenvalue weighted by Crippen LogP contribution is 2.13. The van der Waals surface area contributed by atoms with E-state index in [9.17, 15) is 0 Å². The molecule has 0 aromatic rings. The lowest BCUT2D eigenvalue weighted by atomic mass is 10.1. The van der Waals surface area contributed by atoms with Gasteiger partial charge in [-0.1, -0.05) is 64.8 Å². The zero-order chi connectivity index (χ0) is 12.9. The summed E-state index contributed by atoms with van der Waals surface area (Å²) in [7, 11) is 0. The van der Waals surface area contributed by atoms with Crippen LogP contribution in [0.1, 0.15) is 66.2 Å². The van der Waals surface area contributed by atoms with Crippen LogP contribution < -0.4 is 0 Å². The highest BCUT2D eigenvalue weighted by molar-refractivity contribution is 4.93. The first-order chi connectivity index (χ1) is 8.28. The molecule has 0 N–H and O–H groups in total. The lowest BCUT2D eigenvalue weighted by Gasteiger charge is -2.20. The van der Waals surface area contributed by atoms with Crippen LogP contribution in [0.5, 0.6) is 0 Å². The van der Waals surface area contributed by atoms with Gasteiger partial charge < -0.3 is 4.74 Å². The van der Waals surface area contributed by atoms with Gasteiger partial charge in [0, 0.05) is 0 Å². The van der Waals surface area contributed by atoms with E-state index >= 15 is 0 Å². The quantitative estimate of drug-likeness (QED) is 0.471. The van der Waals surface area contributed by atoms with E-state index < -0.39 is 0 Å². The van der Waals surface area contributed by atoms with E-state index in [0.717, 1.165) is 25.7 Å². The van der Waals surface area contributed by atoms with Crippen molar-refractivity contribution < 1.29 is 4.74 Å². The highest BCUT2D eigenvalue weighted by atomic mass is 16.5. The largest absolute Gasteiger partial charge is 0.367 e. The SMILES string of the molecule is CCC=CC(CCC)OC(C=CCC)CCC. The second-order valence-electron chi connectivity index (χ2n) is 4.46. The zero-order valence-electron chi connectivity index (χ0n) is 12.1. The van der Waals surface area contributed by atoms with Gasteiger partial charge in [0.15, 0.2) is 0 Å². The Morgan fingerprint density at radius 2 is 1.18 bits per heavy atom. The molecule has 1 heteroatoms. The standard InChI is InChI=1S/C16H30O/c1-5-9-13-15(11-7-3)17-16(12-8-4)14-10-6-2/h9-10,13-16H,5-8,11-12H2,1-4H3. The summed E-state index contributed by atoms with van der Waals surface area (Å²) in [5, 5.41) is 0. The molecule has 0 rings (SSSR count). The third-order valence-corrected chi connectivity index (χ3v) is 2.67. The maximum Gasteiger partial charge on any atom is 0.0763 e. The van der Waals surface area contributed by atoms with Crippen LogP contribution >= 0.6 is 0 Å². The molecule has 0 aliphatic heterocycles. The minimum absolute atomic E-state index is 0.290. The topological polar surface area (TPSA) is 9.23 Å². The number of rotatable bonds is 10. The third-order valence-electron chi connectivity index (χ3n) is 2.67. The molecule has 0 amide bonds. The maximum absolute atomic E-state index is 6.16. The monoisotopic (exact) mass is 238 g/mol. The second-order valence-corrected chi connectivity index (χ2v) is 4.46. The van der Waals surface area contributed by atoms with Crippen molar-refractivity contribution in [2.45, 2.75) is 78.4 Å². The molecule has 17 heavy (non-hydrogen) atoms. The lowest BCUT2D eigenvalue weighted by Crippen LogP contribution is -2.19. The summed E-state index contributed by atoms with van der Waals surface area (Å²) in [6.07, 6.45) is 16.2. The van der Waals surface area contributed by atoms with Gasteiger partial charge >= 0.3 is 0 Å². The molecule has 0 aromatic heterocycles. The molecule has 0 spiro atoms. The van der Waals surface area contributed by atoms with Crippen LogP contribution in [-0.4, -0.2) is 12.2 Å². The fourth-order valence-electron chi connectivity index (χ4n) is 1.79. The summed E-state index contributed by atoms with van der Waals surface area (Å²) in [6, 6.07) is 0. The van der Waals surface area contributed by atoms with Crippen LogP contribution in [0.3, 0.4) is 0 Å². The number of ether oxygens (including phenoxy) is 1. The van der Waals surface area contributed by atoms with Gasteiger partial charge in [0.25, 0.3) is 0 Å². The van der Waals surface area contributed by atoms with E-state index in [0.29, 0.717) is 0 Å². The Balaban J connectivity index is 4.32. The van der Waals surface area contributed by atoms with Gasteiger partial charge in [-0.3, -0.25) is 0 Å². The summed E-state index contributed by atoms with van der Waals surface area (Å²) < 4.78 is 6.16. The molecule has 0 heterocycles. The fraction of sp³-hybridized carbons (Fsp3) is 0.750. The Labute approximate surface area is 108 Å². The first kappa shape index (κ1) is 16.4. The molecule has 2 atom stereocenters. The van der Waals surface area contributed by atoms with Crippen LogP contribution in [0.15, 0.2) is 24.3 Å². The average molecular weight is 238 g/mol. The lowest BCUT2D eigenvalue weighted by molar-refractivity contribution is 0.0313. The van der Waals surface area contributed by atoms with Gasteiger partial charge in [0.1, 0.15) is 0 Å². The average Bonchev–Trinajstić information content (AvgIpc) is 2.33. The number of hydrogen-bond acceptors (Lipinski definition) is 1. The summed E-state index contributed by atoms with van der Waals surface area (Å²) in [4.78, 5) is 0. The maximum atomic E-state index is 6.16. The molecule has 0 bridgehead atoms. The minimum atomic E-state index is 0.290. The summed E-state index contributed by atoms with van der Waals surface area (Å²) in [5.74, 6) is 0. The van der Waals surface area contributed by atoms with Crippen LogP contribution in [0.25, 0.3) is 0 Å². The predicted molar refractivity (Wildman–Crippen MR) is 77.3 cm³/mol. The molecule has 0 saturated carbocycles. The molecule has 0 saturated heterocycles. The molecular weight excluding hydrogens is 208 g/mol. The van der Waals surface area contributed by atoms with Gasteiger partial charge in [-0.2, -0.15) is 0 Å². The van der Waals surface area contributed by atoms with Crippen molar-refractivity contribution in [3.05, 3.63) is 24.3 Å². The van der Waals surface area contributed by atoms with Crippen molar-refractivity contribution in [2.24, 2.45) is 0 Å². The van der Waals surface area contributed by atoms with E-state index in [-0.39, 0.29) is 12.2 Å². The van der Waals surface area contributed by atoms with Crippen molar-refractivity contribution in [2.75, 3.05) is 0 Å². The third kappa shape index (κ3) is 9.17. The van der Waals surface area contributed by atoms with Crippen molar-refractivity contribution in [1.29, 1.82) is 0 Å². The highest BCUT2D eigenvalue weighted by Gasteiger charge is 2.10. The van der Waals surface area contributed by atoms with E-state index in [4.69, 9.17) is 4.74 Å². The Hall–Kier alpha value is -0.560. The first-order valence-electron chi connectivity index (χ1n) is 7.27. The second kappa shape index (κ2) is 11.9. The zero-order valence-corrected chi connectivity index (χ0v) is 12.1.